The molecule has 0 saturated heterocycles. The quantitative estimate of drug-likeness (QED) is 0.635. The molecule has 10 heavy (non-hydrogen) atoms. The Labute approximate surface area is 59.7 Å². The highest BCUT2D eigenvalue weighted by Crippen LogP contribution is 2.08. The van der Waals surface area contributed by atoms with E-state index >= 15 is 0 Å². The van der Waals surface area contributed by atoms with E-state index in [4.69, 9.17) is 7.85 Å². The smallest absolute Gasteiger partial charge is 0.131 e. The summed E-state index contributed by atoms with van der Waals surface area (Å²) in [4.78, 5) is 0. The Balaban J connectivity index is 3.19. The standard InChI is InChI=1S/C7H6F2O/c8-6-2-1-5(4-10)7(9)3-6/h1-3,10H,4H2/i4D2. The fourth-order valence-corrected chi connectivity index (χ4v) is 0.580. The maximum Gasteiger partial charge on any atom is 0.131 e. The lowest BCUT2D eigenvalue weighted by Crippen LogP contribution is -1.89. The molecular formula is C7H6F2O. The topological polar surface area (TPSA) is 20.2 Å². The van der Waals surface area contributed by atoms with Gasteiger partial charge in [0.1, 0.15) is 11.6 Å². The van der Waals surface area contributed by atoms with Gasteiger partial charge in [0.05, 0.1) is 9.30 Å². The Morgan fingerprint density at radius 3 is 2.70 bits per heavy atom. The molecule has 0 aliphatic carbocycles. The van der Waals surface area contributed by atoms with Crippen molar-refractivity contribution in [2.45, 2.75) is 6.56 Å². The number of hydrogen-bond donors (Lipinski definition) is 1. The Kier molecular flexibility index (Phi) is 1.32. The Bertz CT molecular complexity index is 296. The van der Waals surface area contributed by atoms with Crippen LogP contribution < -0.4 is 0 Å². The first-order chi connectivity index (χ1) is 5.41. The Morgan fingerprint density at radius 1 is 1.50 bits per heavy atom. The maximum atomic E-state index is 12.7. The average molecular weight is 146 g/mol. The lowest BCUT2D eigenvalue weighted by atomic mass is 10.2. The molecular weight excluding hydrogens is 138 g/mol. The summed E-state index contributed by atoms with van der Waals surface area (Å²) in [7, 11) is 0. The van der Waals surface area contributed by atoms with Crippen molar-refractivity contribution >= 4 is 0 Å². The molecule has 0 fully saturated rings. The zero-order valence-corrected chi connectivity index (χ0v) is 4.94. The molecule has 1 rings (SSSR count). The summed E-state index contributed by atoms with van der Waals surface area (Å²) < 4.78 is 38.5. The highest BCUT2D eigenvalue weighted by molar-refractivity contribution is 5.17. The average Bonchev–Trinajstić information content (AvgIpc) is 1.83. The minimum atomic E-state index is -2.77. The third-order valence-electron chi connectivity index (χ3n) is 1.05. The summed E-state index contributed by atoms with van der Waals surface area (Å²) in [5.41, 5.74) is -0.566. The molecule has 1 aromatic rings. The van der Waals surface area contributed by atoms with Gasteiger partial charge in [-0.1, -0.05) is 6.07 Å². The van der Waals surface area contributed by atoms with Crippen LogP contribution in [0.15, 0.2) is 18.2 Å². The van der Waals surface area contributed by atoms with Gasteiger partial charge in [-0.2, -0.15) is 0 Å². The van der Waals surface area contributed by atoms with Gasteiger partial charge in [-0.15, -0.1) is 0 Å². The molecule has 0 atom stereocenters. The molecule has 0 aliphatic rings. The largest absolute Gasteiger partial charge is 0.392 e. The van der Waals surface area contributed by atoms with Crippen molar-refractivity contribution in [3.63, 3.8) is 0 Å². The second kappa shape index (κ2) is 2.75. The van der Waals surface area contributed by atoms with Gasteiger partial charge in [-0.25, -0.2) is 8.78 Å². The first kappa shape index (κ1) is 4.79. The zero-order valence-electron chi connectivity index (χ0n) is 6.94. The normalized spacial score (nSPS) is 14.3. The number of hydrogen-bond acceptors (Lipinski definition) is 1. The molecule has 0 amide bonds. The van der Waals surface area contributed by atoms with Gasteiger partial charge in [-0.3, -0.25) is 0 Å². The molecule has 0 heterocycles. The van der Waals surface area contributed by atoms with Crippen molar-refractivity contribution < 1.29 is 16.6 Å². The number of benzene rings is 1. The molecule has 0 spiro atoms. The molecule has 0 radical (unpaired) electrons. The van der Waals surface area contributed by atoms with Gasteiger partial charge in [-0.05, 0) is 6.07 Å². The first-order valence-electron chi connectivity index (χ1n) is 3.59. The van der Waals surface area contributed by atoms with Gasteiger partial charge >= 0.3 is 0 Å². The zero-order chi connectivity index (χ0) is 9.35. The lowest BCUT2D eigenvalue weighted by molar-refractivity contribution is 0.275. The van der Waals surface area contributed by atoms with E-state index in [1.54, 1.807) is 0 Å². The highest BCUT2D eigenvalue weighted by Gasteiger charge is 2.00. The second-order valence-electron chi connectivity index (χ2n) is 1.74. The van der Waals surface area contributed by atoms with Crippen molar-refractivity contribution in [1.29, 1.82) is 0 Å². The fraction of sp³-hybridized carbons (Fsp3) is 0.143. The van der Waals surface area contributed by atoms with E-state index in [0.717, 1.165) is 12.1 Å². The fourth-order valence-electron chi connectivity index (χ4n) is 0.580. The first-order valence-corrected chi connectivity index (χ1v) is 2.59. The Morgan fingerprint density at radius 2 is 2.20 bits per heavy atom. The summed E-state index contributed by atoms with van der Waals surface area (Å²) in [5, 5.41) is 8.73. The van der Waals surface area contributed by atoms with Crippen LogP contribution in [0.5, 0.6) is 0 Å². The number of halogens is 2. The van der Waals surface area contributed by atoms with Crippen molar-refractivity contribution in [3.05, 3.63) is 35.4 Å². The summed E-state index contributed by atoms with van der Waals surface area (Å²) in [6.07, 6.45) is 0. The maximum absolute atomic E-state index is 12.7. The van der Waals surface area contributed by atoms with Crippen LogP contribution in [-0.4, -0.2) is 5.11 Å². The van der Waals surface area contributed by atoms with Crippen LogP contribution in [0.3, 0.4) is 0 Å². The molecule has 0 aromatic heterocycles. The summed E-state index contributed by atoms with van der Waals surface area (Å²) in [6, 6.07) is 2.26. The van der Waals surface area contributed by atoms with E-state index < -0.39 is 23.8 Å². The minimum Gasteiger partial charge on any atom is -0.392 e. The minimum absolute atomic E-state index is 0.517. The van der Waals surface area contributed by atoms with E-state index in [-0.39, 0.29) is 0 Å². The van der Waals surface area contributed by atoms with Crippen LogP contribution in [-0.2, 0) is 6.56 Å². The van der Waals surface area contributed by atoms with Crippen molar-refractivity contribution in [3.8, 4) is 0 Å². The summed E-state index contributed by atoms with van der Waals surface area (Å²) in [6.45, 7) is -2.77. The predicted molar refractivity (Wildman–Crippen MR) is 32.3 cm³/mol. The second-order valence-corrected chi connectivity index (χ2v) is 1.74. The van der Waals surface area contributed by atoms with Crippen LogP contribution in [0.4, 0.5) is 8.78 Å². The van der Waals surface area contributed by atoms with E-state index in [0.29, 0.717) is 6.07 Å². The lowest BCUT2D eigenvalue weighted by Gasteiger charge is -1.96. The number of rotatable bonds is 1. The molecule has 1 nitrogen and oxygen atoms in total. The van der Waals surface area contributed by atoms with Crippen LogP contribution in [0.1, 0.15) is 8.30 Å². The Hall–Kier alpha value is -0.960. The van der Waals surface area contributed by atoms with E-state index in [1.807, 2.05) is 0 Å². The summed E-state index contributed by atoms with van der Waals surface area (Å²) >= 11 is 0. The van der Waals surface area contributed by atoms with Crippen molar-refractivity contribution in [1.82, 2.24) is 0 Å². The molecule has 0 bridgehead atoms. The molecule has 1 aromatic carbocycles. The molecule has 0 aliphatic heterocycles. The molecule has 54 valence electrons. The van der Waals surface area contributed by atoms with Crippen molar-refractivity contribution in [2.75, 3.05) is 0 Å². The van der Waals surface area contributed by atoms with Gasteiger partial charge in [0.2, 0.25) is 0 Å². The molecule has 0 saturated carbocycles. The third-order valence-corrected chi connectivity index (χ3v) is 1.05. The van der Waals surface area contributed by atoms with Gasteiger partial charge in [0, 0.05) is 11.6 Å². The molecule has 1 N–H and O–H groups in total. The summed E-state index contributed by atoms with van der Waals surface area (Å²) in [5.74, 6) is -1.90. The predicted octanol–water partition coefficient (Wildman–Crippen LogP) is 1.46. The van der Waals surface area contributed by atoms with Gasteiger partial charge < -0.3 is 5.11 Å². The molecule has 3 heteroatoms. The van der Waals surface area contributed by atoms with E-state index in [1.165, 1.54) is 0 Å². The van der Waals surface area contributed by atoms with Crippen LogP contribution in [0.25, 0.3) is 0 Å². The van der Waals surface area contributed by atoms with Gasteiger partial charge in [0.15, 0.2) is 0 Å². The van der Waals surface area contributed by atoms with Crippen LogP contribution >= 0.6 is 0 Å². The van der Waals surface area contributed by atoms with Crippen LogP contribution in [0, 0.1) is 11.6 Å². The van der Waals surface area contributed by atoms with Crippen molar-refractivity contribution in [2.24, 2.45) is 0 Å². The van der Waals surface area contributed by atoms with Gasteiger partial charge in [0.25, 0.3) is 0 Å². The highest BCUT2D eigenvalue weighted by atomic mass is 19.1. The van der Waals surface area contributed by atoms with E-state index in [9.17, 15) is 8.78 Å². The third kappa shape index (κ3) is 1.30. The monoisotopic (exact) mass is 146 g/mol. The molecule has 0 unspecified atom stereocenters. The number of aliphatic hydroxyl groups is 1. The van der Waals surface area contributed by atoms with Crippen LogP contribution in [0.2, 0.25) is 0 Å². The van der Waals surface area contributed by atoms with E-state index in [2.05, 4.69) is 0 Å². The SMILES string of the molecule is [2H]C([2H])(O)c1ccc(F)cc1F.